The van der Waals surface area contributed by atoms with Crippen molar-refractivity contribution < 1.29 is 9.18 Å². The van der Waals surface area contributed by atoms with E-state index >= 15 is 0 Å². The molecule has 1 fully saturated rings. The van der Waals surface area contributed by atoms with Crippen LogP contribution in [0.25, 0.3) is 0 Å². The van der Waals surface area contributed by atoms with Gasteiger partial charge in [-0.05, 0) is 19.1 Å². The Bertz CT molecular complexity index is 871. The van der Waals surface area contributed by atoms with Gasteiger partial charge in [0.2, 0.25) is 5.13 Å². The number of rotatable bonds is 7. The van der Waals surface area contributed by atoms with Crippen LogP contribution in [0.5, 0.6) is 0 Å². The minimum atomic E-state index is -0.522. The lowest BCUT2D eigenvalue weighted by Gasteiger charge is -2.36. The summed E-state index contributed by atoms with van der Waals surface area (Å²) in [6.45, 7) is 8.96. The fraction of sp³-hybridized carbons (Fsp3) is 0.500. The molecule has 8 nitrogen and oxygen atoms in total. The molecule has 1 saturated heterocycles. The van der Waals surface area contributed by atoms with Crippen molar-refractivity contribution in [3.05, 3.63) is 41.5 Å². The molecule has 2 N–H and O–H groups in total. The topological polar surface area (TPSA) is 85.8 Å². The maximum atomic E-state index is 13.7. The summed E-state index contributed by atoms with van der Waals surface area (Å²) in [6, 6.07) is 5.95. The van der Waals surface area contributed by atoms with Gasteiger partial charge >= 0.3 is 0 Å². The monoisotopic (exact) mass is 561 g/mol. The third-order valence-corrected chi connectivity index (χ3v) is 5.55. The number of amides is 1. The largest absolute Gasteiger partial charge is 0.357 e. The molecule has 0 aliphatic carbocycles. The number of piperazine rings is 1. The molecule has 170 valence electrons. The van der Waals surface area contributed by atoms with E-state index < -0.39 is 11.7 Å². The van der Waals surface area contributed by atoms with Gasteiger partial charge in [-0.3, -0.25) is 9.79 Å². The third-order valence-electron chi connectivity index (χ3n) is 4.74. The highest BCUT2D eigenvalue weighted by atomic mass is 127. The highest BCUT2D eigenvalue weighted by Gasteiger charge is 2.22. The third kappa shape index (κ3) is 6.99. The summed E-state index contributed by atoms with van der Waals surface area (Å²) in [6.07, 6.45) is 0.848. The molecule has 1 aromatic heterocycles. The number of carbonyl (C=O) groups excluding carboxylic acids is 1. The van der Waals surface area contributed by atoms with Gasteiger partial charge in [0.25, 0.3) is 5.91 Å². The Morgan fingerprint density at radius 3 is 2.58 bits per heavy atom. The number of halogens is 2. The lowest BCUT2D eigenvalue weighted by atomic mass is 10.2. The van der Waals surface area contributed by atoms with Gasteiger partial charge in [-0.1, -0.05) is 19.1 Å². The SMILES string of the molecule is CCNC(=NCCNC(=O)c1ccccc1F)N1CCN(c2nc(CC)ns2)CC1.I. The molecular weight excluding hydrogens is 532 g/mol. The van der Waals surface area contributed by atoms with Crippen LogP contribution in [0.2, 0.25) is 0 Å². The minimum Gasteiger partial charge on any atom is -0.357 e. The van der Waals surface area contributed by atoms with E-state index in [1.54, 1.807) is 12.1 Å². The minimum absolute atomic E-state index is 0. The van der Waals surface area contributed by atoms with E-state index in [1.807, 2.05) is 6.92 Å². The first-order chi connectivity index (χ1) is 14.6. The van der Waals surface area contributed by atoms with Crippen molar-refractivity contribution in [1.82, 2.24) is 24.9 Å². The van der Waals surface area contributed by atoms with E-state index in [0.717, 1.165) is 56.1 Å². The van der Waals surface area contributed by atoms with Crippen LogP contribution in [-0.4, -0.2) is 71.9 Å². The number of hydrogen-bond donors (Lipinski definition) is 2. The van der Waals surface area contributed by atoms with Crippen molar-refractivity contribution in [2.45, 2.75) is 20.3 Å². The summed E-state index contributed by atoms with van der Waals surface area (Å²) in [5.74, 6) is 0.769. The van der Waals surface area contributed by atoms with Crippen LogP contribution in [-0.2, 0) is 6.42 Å². The lowest BCUT2D eigenvalue weighted by Crippen LogP contribution is -2.52. The van der Waals surface area contributed by atoms with Crippen molar-refractivity contribution in [2.24, 2.45) is 4.99 Å². The lowest BCUT2D eigenvalue weighted by molar-refractivity contribution is 0.0950. The number of nitrogens with zero attached hydrogens (tertiary/aromatic N) is 5. The van der Waals surface area contributed by atoms with Crippen molar-refractivity contribution in [3.8, 4) is 0 Å². The molecule has 1 aliphatic rings. The van der Waals surface area contributed by atoms with E-state index in [4.69, 9.17) is 0 Å². The number of hydrogen-bond acceptors (Lipinski definition) is 6. The van der Waals surface area contributed by atoms with Gasteiger partial charge < -0.3 is 20.4 Å². The van der Waals surface area contributed by atoms with E-state index in [9.17, 15) is 9.18 Å². The van der Waals surface area contributed by atoms with Gasteiger partial charge in [0.15, 0.2) is 5.96 Å². The number of aliphatic imine (C=N–C) groups is 1. The van der Waals surface area contributed by atoms with Crippen LogP contribution >= 0.6 is 35.5 Å². The van der Waals surface area contributed by atoms with Gasteiger partial charge in [-0.2, -0.15) is 4.37 Å². The Hall–Kier alpha value is -2.02. The smallest absolute Gasteiger partial charge is 0.254 e. The highest BCUT2D eigenvalue weighted by molar-refractivity contribution is 14.0. The van der Waals surface area contributed by atoms with Crippen molar-refractivity contribution >= 4 is 52.5 Å². The van der Waals surface area contributed by atoms with Crippen LogP contribution in [0, 0.1) is 5.82 Å². The van der Waals surface area contributed by atoms with Crippen molar-refractivity contribution in [2.75, 3.05) is 50.7 Å². The second-order valence-electron chi connectivity index (χ2n) is 6.79. The average molecular weight is 561 g/mol. The van der Waals surface area contributed by atoms with Crippen LogP contribution in [0.1, 0.15) is 30.0 Å². The quantitative estimate of drug-likeness (QED) is 0.234. The number of aromatic nitrogens is 2. The van der Waals surface area contributed by atoms with Crippen LogP contribution < -0.4 is 15.5 Å². The predicted molar refractivity (Wildman–Crippen MR) is 133 cm³/mol. The fourth-order valence-corrected chi connectivity index (χ4v) is 3.93. The number of benzene rings is 1. The van der Waals surface area contributed by atoms with Crippen LogP contribution in [0.4, 0.5) is 9.52 Å². The standard InChI is InChI=1S/C20H28FN7OS.HI/c1-3-17-25-20(30-26-17)28-13-11-27(12-14-28)19(22-4-2)24-10-9-23-18(29)15-7-5-6-8-16(15)21;/h5-8H,3-4,9-14H2,1-2H3,(H,22,24)(H,23,29);1H. The maximum Gasteiger partial charge on any atom is 0.254 e. The summed E-state index contributed by atoms with van der Waals surface area (Å²) in [5, 5.41) is 7.01. The summed E-state index contributed by atoms with van der Waals surface area (Å²) >= 11 is 1.45. The first kappa shape index (κ1) is 25.2. The molecule has 3 rings (SSSR count). The second kappa shape index (κ2) is 12.7. The van der Waals surface area contributed by atoms with Gasteiger partial charge in [0.05, 0.1) is 12.1 Å². The Morgan fingerprint density at radius 1 is 1.19 bits per heavy atom. The summed E-state index contributed by atoms with van der Waals surface area (Å²) < 4.78 is 18.0. The molecule has 0 saturated carbocycles. The molecule has 0 atom stereocenters. The molecule has 1 aliphatic heterocycles. The zero-order valence-corrected chi connectivity index (χ0v) is 21.0. The van der Waals surface area contributed by atoms with Crippen molar-refractivity contribution in [3.63, 3.8) is 0 Å². The molecule has 0 bridgehead atoms. The van der Waals surface area contributed by atoms with E-state index in [1.165, 1.54) is 23.7 Å². The van der Waals surface area contributed by atoms with Gasteiger partial charge in [0, 0.05) is 57.2 Å². The Kier molecular flexibility index (Phi) is 10.4. The molecule has 31 heavy (non-hydrogen) atoms. The first-order valence-electron chi connectivity index (χ1n) is 10.3. The summed E-state index contributed by atoms with van der Waals surface area (Å²) in [4.78, 5) is 25.7. The Labute approximate surface area is 203 Å². The van der Waals surface area contributed by atoms with Crippen LogP contribution in [0.3, 0.4) is 0 Å². The summed E-state index contributed by atoms with van der Waals surface area (Å²) in [5.41, 5.74) is 0.0485. The molecule has 2 aromatic rings. The molecule has 1 aromatic carbocycles. The second-order valence-corrected chi connectivity index (χ2v) is 7.52. The average Bonchev–Trinajstić information content (AvgIpc) is 3.25. The zero-order chi connectivity index (χ0) is 21.3. The number of aryl methyl sites for hydroxylation is 1. The van der Waals surface area contributed by atoms with E-state index in [2.05, 4.69) is 41.7 Å². The maximum absolute atomic E-state index is 13.7. The van der Waals surface area contributed by atoms with Gasteiger partial charge in [-0.25, -0.2) is 9.37 Å². The van der Waals surface area contributed by atoms with Crippen LogP contribution in [0.15, 0.2) is 29.3 Å². The molecule has 0 unspecified atom stereocenters. The van der Waals surface area contributed by atoms with Gasteiger partial charge in [-0.15, -0.1) is 24.0 Å². The van der Waals surface area contributed by atoms with E-state index in [0.29, 0.717) is 13.1 Å². The van der Waals surface area contributed by atoms with E-state index in [-0.39, 0.29) is 29.5 Å². The fourth-order valence-electron chi connectivity index (χ4n) is 3.12. The molecule has 1 amide bonds. The number of anilines is 1. The molecule has 0 spiro atoms. The van der Waals surface area contributed by atoms with Gasteiger partial charge in [0.1, 0.15) is 11.6 Å². The normalized spacial score (nSPS) is 14.2. The number of nitrogens with one attached hydrogen (secondary N) is 2. The first-order valence-corrected chi connectivity index (χ1v) is 11.0. The molecular formula is C20H29FIN7OS. The molecule has 0 radical (unpaired) electrons. The van der Waals surface area contributed by atoms with Crippen molar-refractivity contribution in [1.29, 1.82) is 0 Å². The molecule has 2 heterocycles. The highest BCUT2D eigenvalue weighted by Crippen LogP contribution is 2.19. The molecule has 11 heteroatoms. The predicted octanol–water partition coefficient (Wildman–Crippen LogP) is 2.38. The zero-order valence-electron chi connectivity index (χ0n) is 17.8. The summed E-state index contributed by atoms with van der Waals surface area (Å²) in [7, 11) is 0. The Morgan fingerprint density at radius 2 is 1.94 bits per heavy atom. The number of carbonyl (C=O) groups is 1. The number of guanidine groups is 1. The Balaban J connectivity index is 0.00000341.